The van der Waals surface area contributed by atoms with E-state index >= 15 is 0 Å². The number of hydrogen-bond acceptors (Lipinski definition) is 5. The fraction of sp³-hybridized carbons (Fsp3) is 0.118. The minimum atomic E-state index is -0.994. The number of carbonyl (C=O) groups excluding carboxylic acids is 2. The zero-order valence-electron chi connectivity index (χ0n) is 12.3. The van der Waals surface area contributed by atoms with Crippen molar-refractivity contribution < 1.29 is 19.4 Å². The van der Waals surface area contributed by atoms with Gasteiger partial charge in [-0.25, -0.2) is 4.79 Å². The zero-order valence-corrected chi connectivity index (χ0v) is 12.3. The second-order valence-corrected chi connectivity index (χ2v) is 4.77. The number of nitrogens with one attached hydrogen (secondary N) is 1. The van der Waals surface area contributed by atoms with Crippen molar-refractivity contribution in [3.05, 3.63) is 59.7 Å². The van der Waals surface area contributed by atoms with Gasteiger partial charge in [-0.05, 0) is 55.5 Å². The van der Waals surface area contributed by atoms with E-state index in [-0.39, 0.29) is 11.3 Å². The lowest BCUT2D eigenvalue weighted by Crippen LogP contribution is -2.29. The first kappa shape index (κ1) is 16.0. The van der Waals surface area contributed by atoms with Gasteiger partial charge in [-0.3, -0.25) is 4.79 Å². The van der Waals surface area contributed by atoms with E-state index in [1.54, 1.807) is 24.3 Å². The maximum Gasteiger partial charge on any atom is 0.338 e. The van der Waals surface area contributed by atoms with Crippen LogP contribution in [0.3, 0.4) is 0 Å². The molecule has 0 saturated carbocycles. The highest BCUT2D eigenvalue weighted by atomic mass is 16.5. The van der Waals surface area contributed by atoms with Crippen LogP contribution in [0.2, 0.25) is 0 Å². The lowest BCUT2D eigenvalue weighted by Gasteiger charge is -2.13. The average molecular weight is 310 g/mol. The van der Waals surface area contributed by atoms with Gasteiger partial charge in [0, 0.05) is 5.69 Å². The molecule has 0 heterocycles. The van der Waals surface area contributed by atoms with Crippen molar-refractivity contribution in [2.24, 2.45) is 0 Å². The lowest BCUT2D eigenvalue weighted by molar-refractivity contribution is -0.123. The number of phenolic OH excluding ortho intramolecular Hbond substituents is 1. The van der Waals surface area contributed by atoms with E-state index in [1.165, 1.54) is 31.2 Å². The van der Waals surface area contributed by atoms with Crippen LogP contribution in [0.1, 0.15) is 22.8 Å². The van der Waals surface area contributed by atoms with Gasteiger partial charge in [-0.15, -0.1) is 0 Å². The van der Waals surface area contributed by atoms with Crippen LogP contribution in [0, 0.1) is 11.3 Å². The van der Waals surface area contributed by atoms with Gasteiger partial charge < -0.3 is 15.2 Å². The first-order chi connectivity index (χ1) is 11.0. The molecule has 0 radical (unpaired) electrons. The number of benzene rings is 2. The van der Waals surface area contributed by atoms with E-state index in [4.69, 9.17) is 10.00 Å². The molecule has 2 aromatic carbocycles. The second kappa shape index (κ2) is 7.09. The molecule has 2 N–H and O–H groups in total. The molecule has 0 bridgehead atoms. The smallest absolute Gasteiger partial charge is 0.338 e. The number of rotatable bonds is 4. The summed E-state index contributed by atoms with van der Waals surface area (Å²) in [6, 6.07) is 13.8. The Balaban J connectivity index is 1.95. The minimum absolute atomic E-state index is 0.0353. The fourth-order valence-corrected chi connectivity index (χ4v) is 1.75. The number of hydrogen-bond donors (Lipinski definition) is 2. The molecule has 0 aliphatic heterocycles. The van der Waals surface area contributed by atoms with E-state index in [0.717, 1.165) is 0 Å². The van der Waals surface area contributed by atoms with Crippen molar-refractivity contribution in [1.82, 2.24) is 0 Å². The SMILES string of the molecule is C[C@@H](OC(=O)c1ccc(O)cc1)C(=O)Nc1ccc(C#N)cc1. The number of esters is 1. The van der Waals surface area contributed by atoms with E-state index in [1.807, 2.05) is 6.07 Å². The van der Waals surface area contributed by atoms with Gasteiger partial charge in [0.1, 0.15) is 5.75 Å². The third-order valence-electron chi connectivity index (χ3n) is 3.04. The predicted molar refractivity (Wildman–Crippen MR) is 82.8 cm³/mol. The van der Waals surface area contributed by atoms with Gasteiger partial charge in [0.2, 0.25) is 0 Å². The first-order valence-corrected chi connectivity index (χ1v) is 6.80. The first-order valence-electron chi connectivity index (χ1n) is 6.80. The van der Waals surface area contributed by atoms with Crippen molar-refractivity contribution in [3.8, 4) is 11.8 Å². The van der Waals surface area contributed by atoms with Crippen LogP contribution in [0.25, 0.3) is 0 Å². The summed E-state index contributed by atoms with van der Waals surface area (Å²) in [4.78, 5) is 23.9. The van der Waals surface area contributed by atoms with Crippen LogP contribution in [0.5, 0.6) is 5.75 Å². The number of ether oxygens (including phenoxy) is 1. The number of phenols is 1. The molecule has 116 valence electrons. The number of nitrogens with zero attached hydrogens (tertiary/aromatic N) is 1. The molecule has 0 aromatic heterocycles. The molecular formula is C17H14N2O4. The summed E-state index contributed by atoms with van der Waals surface area (Å²) in [5.41, 5.74) is 1.22. The second-order valence-electron chi connectivity index (χ2n) is 4.77. The molecule has 0 spiro atoms. The molecule has 6 nitrogen and oxygen atoms in total. The monoisotopic (exact) mass is 310 g/mol. The zero-order chi connectivity index (χ0) is 16.8. The lowest BCUT2D eigenvalue weighted by atomic mass is 10.2. The molecule has 0 fully saturated rings. The van der Waals surface area contributed by atoms with E-state index in [2.05, 4.69) is 5.32 Å². The molecule has 2 rings (SSSR count). The largest absolute Gasteiger partial charge is 0.508 e. The molecule has 1 amide bonds. The molecule has 0 aliphatic carbocycles. The van der Waals surface area contributed by atoms with E-state index < -0.39 is 18.0 Å². The van der Waals surface area contributed by atoms with Crippen LogP contribution in [0.15, 0.2) is 48.5 Å². The summed E-state index contributed by atoms with van der Waals surface area (Å²) < 4.78 is 5.07. The molecule has 1 atom stereocenters. The van der Waals surface area contributed by atoms with Gasteiger partial charge >= 0.3 is 5.97 Å². The third-order valence-corrected chi connectivity index (χ3v) is 3.04. The summed E-state index contributed by atoms with van der Waals surface area (Å²) in [5.74, 6) is -1.11. The van der Waals surface area contributed by atoms with Crippen molar-refractivity contribution in [3.63, 3.8) is 0 Å². The summed E-state index contributed by atoms with van der Waals surface area (Å²) in [5, 5.41) is 20.5. The van der Waals surface area contributed by atoms with Crippen molar-refractivity contribution in [1.29, 1.82) is 5.26 Å². The molecule has 0 unspecified atom stereocenters. The molecule has 6 heteroatoms. The van der Waals surface area contributed by atoms with Gasteiger partial charge in [0.05, 0.1) is 17.2 Å². The molecule has 23 heavy (non-hydrogen) atoms. The average Bonchev–Trinajstić information content (AvgIpc) is 2.56. The van der Waals surface area contributed by atoms with Crippen molar-refractivity contribution in [2.75, 3.05) is 5.32 Å². The van der Waals surface area contributed by atoms with Crippen molar-refractivity contribution in [2.45, 2.75) is 13.0 Å². The Morgan fingerprint density at radius 2 is 1.74 bits per heavy atom. The minimum Gasteiger partial charge on any atom is -0.508 e. The Morgan fingerprint density at radius 3 is 2.30 bits per heavy atom. The normalized spacial score (nSPS) is 11.1. The van der Waals surface area contributed by atoms with Gasteiger partial charge in [-0.1, -0.05) is 0 Å². The van der Waals surface area contributed by atoms with Crippen molar-refractivity contribution >= 4 is 17.6 Å². The number of nitriles is 1. The number of aromatic hydroxyl groups is 1. The highest BCUT2D eigenvalue weighted by Gasteiger charge is 2.19. The summed E-state index contributed by atoms with van der Waals surface area (Å²) >= 11 is 0. The Kier molecular flexibility index (Phi) is 4.95. The third kappa shape index (κ3) is 4.32. The van der Waals surface area contributed by atoms with Crippen LogP contribution in [-0.4, -0.2) is 23.1 Å². The molecule has 2 aromatic rings. The highest BCUT2D eigenvalue weighted by molar-refractivity contribution is 5.97. The van der Waals surface area contributed by atoms with Crippen LogP contribution in [-0.2, 0) is 9.53 Å². The Bertz CT molecular complexity index is 746. The van der Waals surface area contributed by atoms with E-state index in [9.17, 15) is 14.7 Å². The maximum atomic E-state index is 12.0. The topological polar surface area (TPSA) is 99.4 Å². The predicted octanol–water partition coefficient (Wildman–Crippen LogP) is 2.45. The molecule has 0 aliphatic rings. The number of amides is 1. The van der Waals surface area contributed by atoms with Gasteiger partial charge in [0.25, 0.3) is 5.91 Å². The fourth-order valence-electron chi connectivity index (χ4n) is 1.75. The number of carbonyl (C=O) groups is 2. The summed E-state index contributed by atoms with van der Waals surface area (Å²) in [7, 11) is 0. The number of anilines is 1. The Hall–Kier alpha value is -3.33. The van der Waals surface area contributed by atoms with E-state index in [0.29, 0.717) is 11.3 Å². The summed E-state index contributed by atoms with van der Waals surface area (Å²) in [6.07, 6.45) is -0.994. The quantitative estimate of drug-likeness (QED) is 0.845. The Labute approximate surface area is 132 Å². The maximum absolute atomic E-state index is 12.0. The van der Waals surface area contributed by atoms with Crippen LogP contribution >= 0.6 is 0 Å². The molecule has 0 saturated heterocycles. The van der Waals surface area contributed by atoms with Gasteiger partial charge in [0.15, 0.2) is 6.10 Å². The Morgan fingerprint density at radius 1 is 1.13 bits per heavy atom. The molecular weight excluding hydrogens is 296 g/mol. The van der Waals surface area contributed by atoms with Crippen LogP contribution in [0.4, 0.5) is 5.69 Å². The summed E-state index contributed by atoms with van der Waals surface area (Å²) in [6.45, 7) is 1.46. The van der Waals surface area contributed by atoms with Crippen LogP contribution < -0.4 is 5.32 Å². The van der Waals surface area contributed by atoms with Gasteiger partial charge in [-0.2, -0.15) is 5.26 Å². The highest BCUT2D eigenvalue weighted by Crippen LogP contribution is 2.13. The standard InChI is InChI=1S/C17H14N2O4/c1-11(23-17(22)13-4-8-15(20)9-5-13)16(21)19-14-6-2-12(10-18)3-7-14/h2-9,11,20H,1H3,(H,19,21)/t11-/m1/s1.